The number of benzene rings is 3. The second-order valence-electron chi connectivity index (χ2n) is 10.5. The maximum absolute atomic E-state index is 13.6. The third-order valence-electron chi connectivity index (χ3n) is 8.06. The van der Waals surface area contributed by atoms with Crippen molar-refractivity contribution >= 4 is 23.2 Å². The van der Waals surface area contributed by atoms with Gasteiger partial charge >= 0.3 is 0 Å². The van der Waals surface area contributed by atoms with Gasteiger partial charge in [0, 0.05) is 62.2 Å². The Morgan fingerprint density at radius 1 is 0.795 bits per heavy atom. The molecule has 7 heteroatoms. The molecule has 0 atom stereocenters. The number of nitrogens with zero attached hydrogens (tertiary/aromatic N) is 3. The Balaban J connectivity index is 1.18. The Morgan fingerprint density at radius 2 is 1.54 bits per heavy atom. The Morgan fingerprint density at radius 3 is 2.26 bits per heavy atom. The quantitative estimate of drug-likeness (QED) is 0.506. The molecule has 0 saturated carbocycles. The van der Waals surface area contributed by atoms with Gasteiger partial charge in [-0.2, -0.15) is 0 Å². The van der Waals surface area contributed by atoms with Crippen molar-refractivity contribution in [3.05, 3.63) is 89.0 Å². The van der Waals surface area contributed by atoms with Crippen molar-refractivity contribution in [1.29, 1.82) is 0 Å². The summed E-state index contributed by atoms with van der Waals surface area (Å²) in [5, 5.41) is 3.17. The van der Waals surface area contributed by atoms with Gasteiger partial charge in [-0.3, -0.25) is 9.59 Å². The lowest BCUT2D eigenvalue weighted by Gasteiger charge is -2.38. The fraction of sp³-hybridized carbons (Fsp3) is 0.375. The molecule has 2 aliphatic heterocycles. The molecule has 0 spiro atoms. The SMILES string of the molecule is COc1cccc(C(=O)NC2CCN(c3ccccc3C(=O)N3CCN(c4ccc(C)c(C)c4)CC3)CC2)c1. The molecule has 0 aliphatic carbocycles. The zero-order chi connectivity index (χ0) is 27.4. The van der Waals surface area contributed by atoms with E-state index in [1.165, 1.54) is 16.8 Å². The van der Waals surface area contributed by atoms with E-state index >= 15 is 0 Å². The molecule has 2 fully saturated rings. The fourth-order valence-electron chi connectivity index (χ4n) is 5.49. The van der Waals surface area contributed by atoms with E-state index in [0.717, 1.165) is 50.3 Å². The number of para-hydroxylation sites is 1. The summed E-state index contributed by atoms with van der Waals surface area (Å²) in [5.74, 6) is 0.687. The van der Waals surface area contributed by atoms with Gasteiger partial charge in [0.2, 0.25) is 0 Å². The molecule has 7 nitrogen and oxygen atoms in total. The number of amides is 2. The van der Waals surface area contributed by atoms with Crippen molar-refractivity contribution < 1.29 is 14.3 Å². The number of piperazine rings is 1. The fourth-order valence-corrected chi connectivity index (χ4v) is 5.49. The number of methoxy groups -OCH3 is 1. The molecular weight excluding hydrogens is 488 g/mol. The van der Waals surface area contributed by atoms with Gasteiger partial charge in [0.25, 0.3) is 11.8 Å². The monoisotopic (exact) mass is 526 g/mol. The molecule has 204 valence electrons. The first-order valence-corrected chi connectivity index (χ1v) is 13.8. The number of anilines is 2. The van der Waals surface area contributed by atoms with Crippen molar-refractivity contribution in [1.82, 2.24) is 10.2 Å². The first-order valence-electron chi connectivity index (χ1n) is 13.8. The molecule has 0 aromatic heterocycles. The van der Waals surface area contributed by atoms with Crippen LogP contribution in [0.15, 0.2) is 66.7 Å². The van der Waals surface area contributed by atoms with Crippen LogP contribution in [0.3, 0.4) is 0 Å². The molecular formula is C32H38N4O3. The summed E-state index contributed by atoms with van der Waals surface area (Å²) in [6.45, 7) is 8.92. The predicted molar refractivity (Wildman–Crippen MR) is 156 cm³/mol. The minimum absolute atomic E-state index is 0.0807. The van der Waals surface area contributed by atoms with Gasteiger partial charge in [0.15, 0.2) is 0 Å². The lowest BCUT2D eigenvalue weighted by atomic mass is 10.0. The van der Waals surface area contributed by atoms with Crippen molar-refractivity contribution in [2.24, 2.45) is 0 Å². The summed E-state index contributed by atoms with van der Waals surface area (Å²) >= 11 is 0. The number of ether oxygens (including phenoxy) is 1. The molecule has 3 aromatic rings. The molecule has 0 bridgehead atoms. The van der Waals surface area contributed by atoms with Crippen LogP contribution in [0, 0.1) is 13.8 Å². The van der Waals surface area contributed by atoms with Crippen LogP contribution in [0.2, 0.25) is 0 Å². The number of carbonyl (C=O) groups is 2. The summed E-state index contributed by atoms with van der Waals surface area (Å²) < 4.78 is 5.25. The normalized spacial score (nSPS) is 16.2. The van der Waals surface area contributed by atoms with Crippen LogP contribution in [0.5, 0.6) is 5.75 Å². The summed E-state index contributed by atoms with van der Waals surface area (Å²) in [7, 11) is 1.60. The number of nitrogens with one attached hydrogen (secondary N) is 1. The van der Waals surface area contributed by atoms with E-state index in [1.807, 2.05) is 41.3 Å². The minimum atomic E-state index is -0.0807. The molecule has 1 N–H and O–H groups in total. The van der Waals surface area contributed by atoms with Crippen LogP contribution in [0.1, 0.15) is 44.7 Å². The predicted octanol–water partition coefficient (Wildman–Crippen LogP) is 4.67. The van der Waals surface area contributed by atoms with Crippen LogP contribution in [0.25, 0.3) is 0 Å². The van der Waals surface area contributed by atoms with Crippen LogP contribution >= 0.6 is 0 Å². The van der Waals surface area contributed by atoms with Crippen molar-refractivity contribution in [2.75, 3.05) is 56.2 Å². The smallest absolute Gasteiger partial charge is 0.256 e. The second kappa shape index (κ2) is 11.8. The number of piperidine rings is 1. The average molecular weight is 527 g/mol. The van der Waals surface area contributed by atoms with E-state index in [1.54, 1.807) is 19.2 Å². The zero-order valence-electron chi connectivity index (χ0n) is 23.2. The van der Waals surface area contributed by atoms with Gasteiger partial charge in [0.1, 0.15) is 5.75 Å². The molecule has 2 aliphatic rings. The summed E-state index contributed by atoms with van der Waals surface area (Å²) in [6, 6.07) is 21.9. The van der Waals surface area contributed by atoms with E-state index < -0.39 is 0 Å². The number of rotatable bonds is 6. The standard InChI is InChI=1S/C32H38N4O3/c1-23-11-12-27(21-24(23)2)34-17-19-36(20-18-34)32(38)29-9-4-5-10-30(29)35-15-13-26(14-16-35)33-31(37)25-7-6-8-28(22-25)39-3/h4-12,21-22,26H,13-20H2,1-3H3,(H,33,37). The van der Waals surface area contributed by atoms with E-state index in [-0.39, 0.29) is 17.9 Å². The van der Waals surface area contributed by atoms with Gasteiger partial charge in [-0.1, -0.05) is 24.3 Å². The molecule has 0 radical (unpaired) electrons. The molecule has 2 saturated heterocycles. The Hall–Kier alpha value is -4.00. The van der Waals surface area contributed by atoms with Crippen LogP contribution in [-0.2, 0) is 0 Å². The second-order valence-corrected chi connectivity index (χ2v) is 10.5. The van der Waals surface area contributed by atoms with E-state index in [2.05, 4.69) is 47.2 Å². The van der Waals surface area contributed by atoms with Gasteiger partial charge in [-0.25, -0.2) is 0 Å². The van der Waals surface area contributed by atoms with Crippen molar-refractivity contribution in [3.63, 3.8) is 0 Å². The van der Waals surface area contributed by atoms with Crippen molar-refractivity contribution in [2.45, 2.75) is 32.7 Å². The molecule has 39 heavy (non-hydrogen) atoms. The third-order valence-corrected chi connectivity index (χ3v) is 8.06. The topological polar surface area (TPSA) is 65.1 Å². The molecule has 2 amide bonds. The molecule has 5 rings (SSSR count). The van der Waals surface area contributed by atoms with Gasteiger partial charge in [-0.15, -0.1) is 0 Å². The van der Waals surface area contributed by atoms with Gasteiger partial charge < -0.3 is 24.8 Å². The number of hydrogen-bond donors (Lipinski definition) is 1. The average Bonchev–Trinajstić information content (AvgIpc) is 2.98. The third kappa shape index (κ3) is 6.03. The Kier molecular flexibility index (Phi) is 8.05. The number of hydrogen-bond acceptors (Lipinski definition) is 5. The van der Waals surface area contributed by atoms with Crippen LogP contribution in [-0.4, -0.2) is 69.1 Å². The summed E-state index contributed by atoms with van der Waals surface area (Å²) in [4.78, 5) is 33.0. The van der Waals surface area contributed by atoms with Crippen LogP contribution < -0.4 is 19.9 Å². The zero-order valence-corrected chi connectivity index (χ0v) is 23.2. The number of carbonyl (C=O) groups excluding carboxylic acids is 2. The summed E-state index contributed by atoms with van der Waals surface area (Å²) in [5.41, 5.74) is 6.17. The molecule has 2 heterocycles. The highest BCUT2D eigenvalue weighted by atomic mass is 16.5. The maximum atomic E-state index is 13.6. The van der Waals surface area contributed by atoms with E-state index in [4.69, 9.17) is 4.74 Å². The minimum Gasteiger partial charge on any atom is -0.497 e. The Labute approximate surface area is 231 Å². The van der Waals surface area contributed by atoms with Crippen LogP contribution in [0.4, 0.5) is 11.4 Å². The van der Waals surface area contributed by atoms with E-state index in [9.17, 15) is 9.59 Å². The highest BCUT2D eigenvalue weighted by Gasteiger charge is 2.28. The van der Waals surface area contributed by atoms with Crippen molar-refractivity contribution in [3.8, 4) is 5.75 Å². The van der Waals surface area contributed by atoms with Gasteiger partial charge in [0.05, 0.1) is 12.7 Å². The lowest BCUT2D eigenvalue weighted by Crippen LogP contribution is -2.49. The molecule has 3 aromatic carbocycles. The van der Waals surface area contributed by atoms with Gasteiger partial charge in [-0.05, 0) is 80.3 Å². The number of aryl methyl sites for hydroxylation is 2. The maximum Gasteiger partial charge on any atom is 0.256 e. The van der Waals surface area contributed by atoms with E-state index in [0.29, 0.717) is 24.4 Å². The first kappa shape index (κ1) is 26.6. The lowest BCUT2D eigenvalue weighted by molar-refractivity contribution is 0.0747. The highest BCUT2D eigenvalue weighted by molar-refractivity contribution is 6.00. The highest BCUT2D eigenvalue weighted by Crippen LogP contribution is 2.27. The molecule has 0 unspecified atom stereocenters. The largest absolute Gasteiger partial charge is 0.497 e. The summed E-state index contributed by atoms with van der Waals surface area (Å²) in [6.07, 6.45) is 1.65. The first-order chi connectivity index (χ1) is 18.9. The Bertz CT molecular complexity index is 1320.